The van der Waals surface area contributed by atoms with Crippen LogP contribution in [0.25, 0.3) is 21.9 Å². The van der Waals surface area contributed by atoms with Crippen molar-refractivity contribution in [3.63, 3.8) is 0 Å². The van der Waals surface area contributed by atoms with Gasteiger partial charge < -0.3 is 5.32 Å². The first-order chi connectivity index (χ1) is 13.5. The summed E-state index contributed by atoms with van der Waals surface area (Å²) in [5.41, 5.74) is 2.83. The van der Waals surface area contributed by atoms with Gasteiger partial charge in [-0.2, -0.15) is 10.5 Å². The average Bonchev–Trinajstić information content (AvgIpc) is 3.48. The molecule has 0 saturated heterocycles. The molecular formula is C21H14ClN5O. The zero-order chi connectivity index (χ0) is 19.8. The van der Waals surface area contributed by atoms with Gasteiger partial charge >= 0.3 is 0 Å². The minimum Gasteiger partial charge on any atom is -0.310 e. The van der Waals surface area contributed by atoms with Gasteiger partial charge in [0.1, 0.15) is 11.9 Å². The smallest absolute Gasteiger partial charge is 0.230 e. The van der Waals surface area contributed by atoms with E-state index in [9.17, 15) is 10.1 Å². The van der Waals surface area contributed by atoms with Crippen LogP contribution in [-0.2, 0) is 4.79 Å². The van der Waals surface area contributed by atoms with Crippen molar-refractivity contribution in [2.75, 3.05) is 5.32 Å². The molecule has 6 nitrogen and oxygen atoms in total. The lowest BCUT2D eigenvalue weighted by Crippen LogP contribution is -2.15. The summed E-state index contributed by atoms with van der Waals surface area (Å²) in [6, 6.07) is 9.72. The van der Waals surface area contributed by atoms with Gasteiger partial charge in [-0.25, -0.2) is 4.98 Å². The van der Waals surface area contributed by atoms with Crippen LogP contribution in [0, 0.1) is 41.4 Å². The van der Waals surface area contributed by atoms with E-state index in [0.29, 0.717) is 33.8 Å². The summed E-state index contributed by atoms with van der Waals surface area (Å²) in [6.07, 6.45) is 5.52. The Morgan fingerprint density at radius 1 is 1.29 bits per heavy atom. The van der Waals surface area contributed by atoms with E-state index in [-0.39, 0.29) is 17.7 Å². The molecule has 2 heterocycles. The van der Waals surface area contributed by atoms with Crippen molar-refractivity contribution in [2.24, 2.45) is 11.8 Å². The number of carbonyl (C=O) groups is 1. The first-order valence-corrected chi connectivity index (χ1v) is 9.05. The maximum Gasteiger partial charge on any atom is 0.230 e. The summed E-state index contributed by atoms with van der Waals surface area (Å²) in [4.78, 5) is 20.6. The topological polar surface area (TPSA) is 102 Å². The summed E-state index contributed by atoms with van der Waals surface area (Å²) in [5.74, 6) is -0.314. The second kappa shape index (κ2) is 6.92. The van der Waals surface area contributed by atoms with Crippen LogP contribution in [0.4, 0.5) is 5.82 Å². The van der Waals surface area contributed by atoms with Gasteiger partial charge in [0, 0.05) is 35.1 Å². The Morgan fingerprint density at radius 2 is 2.11 bits per heavy atom. The summed E-state index contributed by atoms with van der Waals surface area (Å²) < 4.78 is 0. The SMILES string of the molecule is Cc1ccncc1-c1cc2cc(NC(=O)C3CC3C#N)ncc2c(Cl)c1C#N. The fourth-order valence-electron chi connectivity index (χ4n) is 3.24. The maximum absolute atomic E-state index is 12.2. The van der Waals surface area contributed by atoms with Gasteiger partial charge in [0.25, 0.3) is 0 Å². The summed E-state index contributed by atoms with van der Waals surface area (Å²) >= 11 is 6.50. The van der Waals surface area contributed by atoms with E-state index in [0.717, 1.165) is 16.5 Å². The highest BCUT2D eigenvalue weighted by Gasteiger charge is 2.43. The fraction of sp³-hybridized carbons (Fsp3) is 0.190. The van der Waals surface area contributed by atoms with E-state index >= 15 is 0 Å². The number of rotatable bonds is 3. The number of hydrogen-bond donors (Lipinski definition) is 1. The van der Waals surface area contributed by atoms with E-state index in [1.54, 1.807) is 24.7 Å². The molecule has 1 aromatic carbocycles. The normalized spacial score (nSPS) is 17.6. The summed E-state index contributed by atoms with van der Waals surface area (Å²) in [7, 11) is 0. The van der Waals surface area contributed by atoms with Gasteiger partial charge in [-0.3, -0.25) is 9.78 Å². The molecule has 28 heavy (non-hydrogen) atoms. The van der Waals surface area contributed by atoms with Gasteiger partial charge in [-0.15, -0.1) is 0 Å². The van der Waals surface area contributed by atoms with Crippen molar-refractivity contribution in [3.05, 3.63) is 52.9 Å². The number of amides is 1. The van der Waals surface area contributed by atoms with Crippen molar-refractivity contribution in [1.29, 1.82) is 10.5 Å². The van der Waals surface area contributed by atoms with Gasteiger partial charge in [0.05, 0.1) is 28.5 Å². The predicted molar refractivity (Wildman–Crippen MR) is 105 cm³/mol. The Balaban J connectivity index is 1.79. The van der Waals surface area contributed by atoms with Crippen LogP contribution in [0.15, 0.2) is 36.8 Å². The van der Waals surface area contributed by atoms with Crippen LogP contribution < -0.4 is 5.32 Å². The molecule has 1 amide bonds. The van der Waals surface area contributed by atoms with E-state index in [4.69, 9.17) is 16.9 Å². The van der Waals surface area contributed by atoms with Crippen molar-refractivity contribution in [3.8, 4) is 23.3 Å². The third-order valence-electron chi connectivity index (χ3n) is 4.95. The third kappa shape index (κ3) is 3.05. The highest BCUT2D eigenvalue weighted by atomic mass is 35.5. The number of aryl methyl sites for hydroxylation is 1. The number of nitrogens with one attached hydrogen (secondary N) is 1. The molecule has 1 N–H and O–H groups in total. The van der Waals surface area contributed by atoms with Gasteiger partial charge in [-0.1, -0.05) is 11.6 Å². The Kier molecular flexibility index (Phi) is 4.43. The average molecular weight is 388 g/mol. The molecule has 3 aromatic rings. The number of fused-ring (bicyclic) bond motifs is 1. The Labute approximate surface area is 166 Å². The van der Waals surface area contributed by atoms with Crippen LogP contribution >= 0.6 is 11.6 Å². The molecule has 4 rings (SSSR count). The van der Waals surface area contributed by atoms with E-state index < -0.39 is 0 Å². The molecule has 7 heteroatoms. The number of halogens is 1. The van der Waals surface area contributed by atoms with Gasteiger partial charge in [0.2, 0.25) is 5.91 Å². The number of benzene rings is 1. The van der Waals surface area contributed by atoms with Crippen molar-refractivity contribution >= 4 is 34.1 Å². The quantitative estimate of drug-likeness (QED) is 0.724. The van der Waals surface area contributed by atoms with Crippen LogP contribution in [0.1, 0.15) is 17.5 Å². The van der Waals surface area contributed by atoms with E-state index in [2.05, 4.69) is 27.4 Å². The molecule has 1 aliphatic rings. The monoisotopic (exact) mass is 387 g/mol. The molecule has 0 bridgehead atoms. The second-order valence-electron chi connectivity index (χ2n) is 6.77. The number of pyridine rings is 2. The first-order valence-electron chi connectivity index (χ1n) is 8.67. The lowest BCUT2D eigenvalue weighted by atomic mass is 9.95. The lowest BCUT2D eigenvalue weighted by molar-refractivity contribution is -0.117. The minimum atomic E-state index is -0.277. The zero-order valence-corrected chi connectivity index (χ0v) is 15.7. The Bertz CT molecular complexity index is 1210. The third-order valence-corrected chi connectivity index (χ3v) is 5.34. The molecular weight excluding hydrogens is 374 g/mol. The van der Waals surface area contributed by atoms with Gasteiger partial charge in [-0.05, 0) is 42.5 Å². The number of aromatic nitrogens is 2. The van der Waals surface area contributed by atoms with Crippen LogP contribution in [-0.4, -0.2) is 15.9 Å². The molecule has 0 aliphatic heterocycles. The summed E-state index contributed by atoms with van der Waals surface area (Å²) in [5, 5.41) is 23.0. The van der Waals surface area contributed by atoms with Gasteiger partial charge in [0.15, 0.2) is 0 Å². The molecule has 2 aromatic heterocycles. The Hall–Kier alpha value is -3.48. The molecule has 0 spiro atoms. The number of hydrogen-bond acceptors (Lipinski definition) is 5. The fourth-order valence-corrected chi connectivity index (χ4v) is 3.54. The number of anilines is 1. The van der Waals surface area contributed by atoms with Crippen molar-refractivity contribution < 1.29 is 4.79 Å². The standard InChI is InChI=1S/C21H14ClN5O/c1-11-2-3-25-9-17(11)15-4-12-6-19(27-21(28)14-5-13(14)7-23)26-10-18(12)20(22)16(15)8-24/h2-4,6,9-10,13-14H,5H2,1H3,(H,26,27,28). The zero-order valence-electron chi connectivity index (χ0n) is 14.9. The summed E-state index contributed by atoms with van der Waals surface area (Å²) in [6.45, 7) is 1.94. The molecule has 1 fully saturated rings. The number of carbonyl (C=O) groups excluding carboxylic acids is 1. The van der Waals surface area contributed by atoms with E-state index in [1.807, 2.05) is 19.1 Å². The second-order valence-corrected chi connectivity index (χ2v) is 7.15. The lowest BCUT2D eigenvalue weighted by Gasteiger charge is -2.12. The molecule has 2 unspecified atom stereocenters. The Morgan fingerprint density at radius 3 is 2.79 bits per heavy atom. The van der Waals surface area contributed by atoms with Crippen molar-refractivity contribution in [2.45, 2.75) is 13.3 Å². The predicted octanol–water partition coefficient (Wildman–Crippen LogP) is 4.23. The maximum atomic E-state index is 12.2. The molecule has 1 saturated carbocycles. The largest absolute Gasteiger partial charge is 0.310 e. The van der Waals surface area contributed by atoms with Crippen molar-refractivity contribution in [1.82, 2.24) is 9.97 Å². The molecule has 0 radical (unpaired) electrons. The molecule has 136 valence electrons. The molecule has 1 aliphatic carbocycles. The van der Waals surface area contributed by atoms with Crippen LogP contribution in [0.2, 0.25) is 5.02 Å². The highest BCUT2D eigenvalue weighted by molar-refractivity contribution is 6.37. The number of nitriles is 2. The van der Waals surface area contributed by atoms with Crippen LogP contribution in [0.5, 0.6) is 0 Å². The first kappa shape index (κ1) is 17.9. The van der Waals surface area contributed by atoms with E-state index in [1.165, 1.54) is 0 Å². The minimum absolute atomic E-state index is 0.207. The molecule has 2 atom stereocenters. The highest BCUT2D eigenvalue weighted by Crippen LogP contribution is 2.39. The number of nitrogens with zero attached hydrogens (tertiary/aromatic N) is 4. The van der Waals surface area contributed by atoms with Crippen LogP contribution in [0.3, 0.4) is 0 Å².